The van der Waals surface area contributed by atoms with Crippen LogP contribution in [0.15, 0.2) is 0 Å². The number of rotatable bonds is 35. The molecule has 0 aliphatic rings. The molecule has 0 aliphatic carbocycles. The van der Waals surface area contributed by atoms with E-state index in [4.69, 9.17) is 8.43 Å². The molecule has 68 heteroatoms. The van der Waals surface area contributed by atoms with Crippen LogP contribution in [0.5, 0.6) is 0 Å². The number of hydrogen-bond donors (Lipinski definition) is 0. The normalized spacial score (nSPS) is 19.7. The average molecular weight is 1950 g/mol. The molecule has 0 fully saturated rings. The molecule has 0 aromatic rings. The summed E-state index contributed by atoms with van der Waals surface area (Å²) in [4.78, 5) is 32.5. The molecule has 0 N–H and O–H groups in total. The van der Waals surface area contributed by atoms with Gasteiger partial charge in [0.05, 0.1) is 0 Å². The monoisotopic (exact) mass is 1950 g/mol. The Morgan fingerprint density at radius 2 is 0.327 bits per heavy atom. The summed E-state index contributed by atoms with van der Waals surface area (Å²) in [5.41, 5.74) is 0. The summed E-state index contributed by atoms with van der Waals surface area (Å²) in [5, 5.41) is 0. The third-order valence-corrected chi connectivity index (χ3v) is 54.4. The van der Waals surface area contributed by atoms with Gasteiger partial charge in [-0.2, -0.15) is 21.4 Å². The van der Waals surface area contributed by atoms with E-state index in [0.717, 1.165) is 0 Å². The molecule has 10 unspecified atom stereocenters. The first-order valence-electron chi connectivity index (χ1n) is 28.9. The van der Waals surface area contributed by atoms with Gasteiger partial charge in [0.15, 0.2) is 99.8 Å². The zero-order valence-corrected chi connectivity index (χ0v) is 89.6. The minimum absolute atomic E-state index is 0. The van der Waals surface area contributed by atoms with Crippen molar-refractivity contribution in [3.05, 3.63) is 0 Å². The second-order valence-corrected chi connectivity index (χ2v) is 108. The van der Waals surface area contributed by atoms with Crippen molar-refractivity contribution in [2.45, 2.75) is 236 Å². The molecular formula is C36H108F9Li3O32P12Si12. The second-order valence-electron chi connectivity index (χ2n) is 32.1. The summed E-state index contributed by atoms with van der Waals surface area (Å²) >= 11 is 0. The molecule has 0 aromatic heterocycles. The van der Waals surface area contributed by atoms with Crippen molar-refractivity contribution in [2.75, 3.05) is 0 Å². The average Bonchev–Trinajstić information content (AvgIpc) is 0.801. The minimum Gasteiger partial charge on any atom is -0.757 e. The van der Waals surface area contributed by atoms with Gasteiger partial charge in [0.2, 0.25) is 0 Å². The fourth-order valence-electron chi connectivity index (χ4n) is 4.84. The van der Waals surface area contributed by atoms with Gasteiger partial charge in [0.25, 0.3) is 23.6 Å². The van der Waals surface area contributed by atoms with E-state index in [0.29, 0.717) is 0 Å². The van der Waals surface area contributed by atoms with Crippen molar-refractivity contribution in [3.63, 3.8) is 0 Å². The molecule has 0 amide bonds. The van der Waals surface area contributed by atoms with E-state index in [1.165, 1.54) is 137 Å². The summed E-state index contributed by atoms with van der Waals surface area (Å²) in [6, 6.07) is 0. The van der Waals surface area contributed by atoms with E-state index >= 15 is 0 Å². The fourth-order valence-corrected chi connectivity index (χ4v) is 52.9. The predicted molar refractivity (Wildman–Crippen MR) is 400 cm³/mol. The van der Waals surface area contributed by atoms with E-state index in [1.54, 1.807) is 98.2 Å². The topological polar surface area (TPSA) is 431 Å². The molecule has 10 atom stereocenters. The first-order chi connectivity index (χ1) is 42.3. The molecule has 0 saturated heterocycles. The van der Waals surface area contributed by atoms with Gasteiger partial charge >= 0.3 is 127 Å². The van der Waals surface area contributed by atoms with Gasteiger partial charge in [-0.3, -0.25) is 18.0 Å². The largest absolute Gasteiger partial charge is 1.00 e. The Kier molecular flexibility index (Phi) is 55.8. The van der Waals surface area contributed by atoms with Crippen molar-refractivity contribution in [2.24, 2.45) is 0 Å². The van der Waals surface area contributed by atoms with Gasteiger partial charge in [-0.25, -0.2) is 41.1 Å². The van der Waals surface area contributed by atoms with Gasteiger partial charge in [-0.05, 0) is 236 Å². The second kappa shape index (κ2) is 45.4. The Labute approximate surface area is 659 Å². The van der Waals surface area contributed by atoms with Crippen LogP contribution in [-0.2, 0) is 127 Å². The molecule has 0 spiro atoms. The van der Waals surface area contributed by atoms with E-state index in [2.05, 4.69) is 63.7 Å². The Morgan fingerprint density at radius 3 is 0.452 bits per heavy atom. The van der Waals surface area contributed by atoms with Crippen LogP contribution >= 0.6 is 93.5 Å². The maximum atomic E-state index is 14.2. The van der Waals surface area contributed by atoms with Crippen LogP contribution < -0.4 is 71.3 Å². The maximum absolute atomic E-state index is 14.2. The molecule has 104 heavy (non-hydrogen) atoms. The predicted octanol–water partition coefficient (Wildman–Crippen LogP) is 15.4. The molecule has 0 aromatic carbocycles. The Morgan fingerprint density at radius 1 is 0.192 bits per heavy atom. The SMILES string of the molecule is C[Si](C)(C)OP(=O)(F)OP(=O)(F)O[Si](C)(C)C.C[Si](C)(C)OP(=O)(F)OP(=O)(OP(=O)(F)O[Si](C)(C)C)OP(=O)(F)O[Si](C)(C)C.C[Si](C)(C)OP(=O)(F)O[Si](C)(C)C.C[Si](C)(C)OP(=O)(F)P(=O)(F)O[Si](C)(C)C.C[Si](C)(C)OP(=O)([O-])F.C[Si](C)(C)OP(=O)([O-])OP(=O)([O-])O[Si](C)(C)C.[Li+].[Li+].[Li+]. The van der Waals surface area contributed by atoms with Gasteiger partial charge < -0.3 is 65.2 Å². The fraction of sp³-hybridized carbons (Fsp3) is 1.00. The summed E-state index contributed by atoms with van der Waals surface area (Å²) in [6.45, 7) is 55.5. The number of phosphoric acid groups is 3. The van der Waals surface area contributed by atoms with Crippen molar-refractivity contribution in [1.82, 2.24) is 0 Å². The van der Waals surface area contributed by atoms with Crippen LogP contribution in [0.1, 0.15) is 0 Å². The van der Waals surface area contributed by atoms with Crippen LogP contribution in [0.4, 0.5) is 37.8 Å². The molecule has 0 aliphatic heterocycles. The third-order valence-electron chi connectivity index (χ3n) is 5.88. The van der Waals surface area contributed by atoms with Gasteiger partial charge in [-0.15, -0.1) is 33.6 Å². The number of hydrogen-bond acceptors (Lipinski definition) is 32. The van der Waals surface area contributed by atoms with Crippen LogP contribution in [0.3, 0.4) is 0 Å². The zero-order chi connectivity index (χ0) is 84.0. The van der Waals surface area contributed by atoms with Crippen molar-refractivity contribution in [3.8, 4) is 0 Å². The van der Waals surface area contributed by atoms with Crippen LogP contribution in [-0.4, -0.2) is 99.8 Å². The van der Waals surface area contributed by atoms with Crippen molar-refractivity contribution >= 4 is 193 Å². The number of halogens is 9. The molecule has 0 saturated carbocycles. The smallest absolute Gasteiger partial charge is 0.757 e. The van der Waals surface area contributed by atoms with Crippen molar-refractivity contribution in [1.29, 1.82) is 0 Å². The van der Waals surface area contributed by atoms with Crippen molar-refractivity contribution < 1.29 is 236 Å². The van der Waals surface area contributed by atoms with E-state index in [9.17, 15) is 107 Å². The Hall–Kier alpha value is 5.72. The summed E-state index contributed by atoms with van der Waals surface area (Å²) in [7, 11) is -94.3. The summed E-state index contributed by atoms with van der Waals surface area (Å²) < 4.78 is 333. The zero-order valence-electron chi connectivity index (χ0n) is 66.8. The first-order valence-corrected chi connectivity index (χ1v) is 88.0. The van der Waals surface area contributed by atoms with Crippen LogP contribution in [0, 0.1) is 0 Å². The molecule has 0 heterocycles. The van der Waals surface area contributed by atoms with E-state index in [-0.39, 0.29) is 56.6 Å². The molecular weight excluding hydrogens is 1840 g/mol. The molecule has 0 bridgehead atoms. The quantitative estimate of drug-likeness (QED) is 0.0323. The third kappa shape index (κ3) is 90.1. The summed E-state index contributed by atoms with van der Waals surface area (Å²) in [6.07, 6.45) is 0. The Balaban J connectivity index is -0.000000153. The van der Waals surface area contributed by atoms with Crippen LogP contribution in [0.2, 0.25) is 236 Å². The summed E-state index contributed by atoms with van der Waals surface area (Å²) in [5.74, 6) is 0. The van der Waals surface area contributed by atoms with Crippen LogP contribution in [0.25, 0.3) is 0 Å². The van der Waals surface area contributed by atoms with E-state index in [1.807, 2.05) is 0 Å². The van der Waals surface area contributed by atoms with Gasteiger partial charge in [-0.1, -0.05) is 0 Å². The molecule has 618 valence electrons. The van der Waals surface area contributed by atoms with Gasteiger partial charge in [0, 0.05) is 0 Å². The molecule has 0 radical (unpaired) electrons. The Bertz CT molecular complexity index is 2970. The minimum atomic E-state index is -6.06. The molecule has 32 nitrogen and oxygen atoms in total. The maximum Gasteiger partial charge on any atom is 1.00 e. The van der Waals surface area contributed by atoms with Gasteiger partial charge in [0.1, 0.15) is 0 Å². The van der Waals surface area contributed by atoms with E-state index < -0.39 is 193 Å². The first kappa shape index (κ1) is 128. The standard InChI is InChI=1S/C9H27F3O10P4Si3.C6H18F2O5P2Si2.C6H18F2O4P2Si2.C6H18FO3PSi2.C6H20O7P2Si2.C3H10FO3PSi.3Li/c1-27(2,3)20-23(10,13)17-26(16,18-24(11,14)21-28(4,5)6)19-25(12,15)22-29(7,8)9;1-16(2,3)12-14(7,9)11-15(8,10)13-17(4,5)6;1-15(2,3)11-13(7,9)14(8,10)12-16(4,5)6;1-12(2,3)9-11(7,8)10-13(4,5)6;1-16(2,3)12-14(7,8)11-15(9,10)13-17(4,5)6;1-9(2,3)7-8(4,5)6;;;/h1-9H3;1-6H3;1-6H3;1-6H3;1-6H3,(H,7,8)(H,9,10);1-3H3,(H,5,6);;;/q;;;;;;3*+1/p-3. The molecule has 0 rings (SSSR count).